The number of nitrogens with zero attached hydrogens (tertiary/aromatic N) is 5. The Balaban J connectivity index is 1.65. The third-order valence-corrected chi connectivity index (χ3v) is 5.87. The first-order chi connectivity index (χ1) is 14.4. The van der Waals surface area contributed by atoms with Crippen LogP contribution >= 0.6 is 27.7 Å². The maximum atomic E-state index is 14.3. The Morgan fingerprint density at radius 3 is 2.73 bits per heavy atom. The summed E-state index contributed by atoms with van der Waals surface area (Å²) in [6.07, 6.45) is 1.70. The minimum Gasteiger partial charge on any atom is -0.302 e. The first-order valence-corrected chi connectivity index (χ1v) is 11.2. The normalized spacial score (nSPS) is 11.5. The largest absolute Gasteiger partial charge is 0.302 e. The SMILES string of the molecule is CC(C)Cn1c(SCc2cc(=O)n3cc(Br)ccc3n2)nnc1-c1ccccc1F. The second-order valence-corrected chi connectivity index (χ2v) is 9.10. The number of thioether (sulfide) groups is 1. The first-order valence-electron chi connectivity index (χ1n) is 9.41. The Kier molecular flexibility index (Phi) is 6.01. The predicted molar refractivity (Wildman–Crippen MR) is 119 cm³/mol. The van der Waals surface area contributed by atoms with Gasteiger partial charge in [0.1, 0.15) is 11.5 Å². The van der Waals surface area contributed by atoms with Gasteiger partial charge in [0.05, 0.1) is 11.3 Å². The van der Waals surface area contributed by atoms with Gasteiger partial charge in [-0.05, 0) is 46.1 Å². The molecule has 0 fully saturated rings. The number of halogens is 2. The Morgan fingerprint density at radius 2 is 1.97 bits per heavy atom. The summed E-state index contributed by atoms with van der Waals surface area (Å²) >= 11 is 4.80. The molecule has 0 radical (unpaired) electrons. The topological polar surface area (TPSA) is 65.1 Å². The number of benzene rings is 1. The summed E-state index contributed by atoms with van der Waals surface area (Å²) in [7, 11) is 0. The van der Waals surface area contributed by atoms with Crippen molar-refractivity contribution in [3.8, 4) is 11.4 Å². The van der Waals surface area contributed by atoms with Gasteiger partial charge in [0.25, 0.3) is 5.56 Å². The van der Waals surface area contributed by atoms with E-state index in [1.807, 2.05) is 10.6 Å². The number of rotatable bonds is 6. The lowest BCUT2D eigenvalue weighted by atomic mass is 10.2. The van der Waals surface area contributed by atoms with Crippen molar-refractivity contribution in [3.05, 3.63) is 75.0 Å². The average molecular weight is 488 g/mol. The van der Waals surface area contributed by atoms with Crippen LogP contribution in [-0.4, -0.2) is 24.1 Å². The molecule has 0 atom stereocenters. The number of hydrogen-bond acceptors (Lipinski definition) is 5. The Morgan fingerprint density at radius 1 is 1.17 bits per heavy atom. The second-order valence-electron chi connectivity index (χ2n) is 7.24. The van der Waals surface area contributed by atoms with Crippen molar-refractivity contribution >= 4 is 33.3 Å². The molecule has 0 saturated heterocycles. The minimum atomic E-state index is -0.332. The van der Waals surface area contributed by atoms with E-state index in [1.54, 1.807) is 30.5 Å². The van der Waals surface area contributed by atoms with E-state index in [0.717, 1.165) is 4.47 Å². The van der Waals surface area contributed by atoms with Gasteiger partial charge in [0.15, 0.2) is 11.0 Å². The highest BCUT2D eigenvalue weighted by atomic mass is 79.9. The zero-order chi connectivity index (χ0) is 21.3. The van der Waals surface area contributed by atoms with Gasteiger partial charge in [0.2, 0.25) is 0 Å². The molecular formula is C21H19BrFN5OS. The summed E-state index contributed by atoms with van der Waals surface area (Å²) in [5.41, 5.74) is 1.51. The first kappa shape index (κ1) is 20.7. The zero-order valence-corrected chi connectivity index (χ0v) is 18.8. The van der Waals surface area contributed by atoms with Crippen LogP contribution in [0.4, 0.5) is 4.39 Å². The van der Waals surface area contributed by atoms with Crippen LogP contribution in [0, 0.1) is 11.7 Å². The summed E-state index contributed by atoms with van der Waals surface area (Å²) in [6.45, 7) is 4.83. The molecule has 3 heterocycles. The van der Waals surface area contributed by atoms with Gasteiger partial charge in [-0.25, -0.2) is 9.37 Å². The lowest BCUT2D eigenvalue weighted by Gasteiger charge is -2.13. The summed E-state index contributed by atoms with van der Waals surface area (Å²) in [5, 5.41) is 9.21. The fraction of sp³-hybridized carbons (Fsp3) is 0.238. The van der Waals surface area contributed by atoms with Crippen LogP contribution in [0.3, 0.4) is 0 Å². The Labute approximate surface area is 185 Å². The van der Waals surface area contributed by atoms with Crippen LogP contribution in [0.1, 0.15) is 19.5 Å². The van der Waals surface area contributed by atoms with Crippen molar-refractivity contribution < 1.29 is 4.39 Å². The molecule has 0 spiro atoms. The fourth-order valence-electron chi connectivity index (χ4n) is 3.11. The molecule has 0 amide bonds. The van der Waals surface area contributed by atoms with E-state index in [1.165, 1.54) is 28.3 Å². The standard InChI is InChI=1S/C21H19BrFN5OS/c1-13(2)10-28-20(16-5-3-4-6-17(16)23)25-26-21(28)30-12-15-9-19(29)27-11-14(22)7-8-18(27)24-15/h3-9,11,13H,10,12H2,1-2H3. The van der Waals surface area contributed by atoms with Crippen molar-refractivity contribution in [2.24, 2.45) is 5.92 Å². The number of fused-ring (bicyclic) bond motifs is 1. The lowest BCUT2D eigenvalue weighted by Crippen LogP contribution is -2.15. The molecule has 0 bridgehead atoms. The van der Waals surface area contributed by atoms with E-state index < -0.39 is 0 Å². The van der Waals surface area contributed by atoms with Gasteiger partial charge in [0, 0.05) is 29.0 Å². The fourth-order valence-corrected chi connectivity index (χ4v) is 4.28. The monoisotopic (exact) mass is 487 g/mol. The highest BCUT2D eigenvalue weighted by Crippen LogP contribution is 2.28. The molecule has 0 aliphatic carbocycles. The summed E-state index contributed by atoms with van der Waals surface area (Å²) in [4.78, 5) is 17.0. The molecule has 0 aliphatic rings. The molecule has 4 rings (SSSR count). The third-order valence-electron chi connectivity index (χ3n) is 4.41. The highest BCUT2D eigenvalue weighted by Gasteiger charge is 2.18. The van der Waals surface area contributed by atoms with E-state index in [0.29, 0.717) is 46.1 Å². The predicted octanol–water partition coefficient (Wildman–Crippen LogP) is 4.80. The van der Waals surface area contributed by atoms with Crippen molar-refractivity contribution in [3.63, 3.8) is 0 Å². The molecule has 3 aromatic heterocycles. The quantitative estimate of drug-likeness (QED) is 0.365. The molecule has 4 aromatic rings. The zero-order valence-electron chi connectivity index (χ0n) is 16.4. The van der Waals surface area contributed by atoms with Gasteiger partial charge >= 0.3 is 0 Å². The number of aromatic nitrogens is 5. The van der Waals surface area contributed by atoms with Crippen LogP contribution in [-0.2, 0) is 12.3 Å². The van der Waals surface area contributed by atoms with E-state index in [4.69, 9.17) is 0 Å². The van der Waals surface area contributed by atoms with Gasteiger partial charge in [-0.1, -0.05) is 37.7 Å². The molecular weight excluding hydrogens is 469 g/mol. The highest BCUT2D eigenvalue weighted by molar-refractivity contribution is 9.10. The van der Waals surface area contributed by atoms with E-state index in [2.05, 4.69) is 45.0 Å². The maximum Gasteiger partial charge on any atom is 0.258 e. The van der Waals surface area contributed by atoms with Gasteiger partial charge < -0.3 is 4.57 Å². The lowest BCUT2D eigenvalue weighted by molar-refractivity contribution is 0.496. The van der Waals surface area contributed by atoms with E-state index >= 15 is 0 Å². The van der Waals surface area contributed by atoms with Crippen LogP contribution in [0.25, 0.3) is 17.0 Å². The molecule has 0 aliphatic heterocycles. The maximum absolute atomic E-state index is 14.3. The van der Waals surface area contributed by atoms with Crippen LogP contribution < -0.4 is 5.56 Å². The molecule has 30 heavy (non-hydrogen) atoms. The molecule has 1 aromatic carbocycles. The smallest absolute Gasteiger partial charge is 0.258 e. The molecule has 6 nitrogen and oxygen atoms in total. The summed E-state index contributed by atoms with van der Waals surface area (Å²) < 4.78 is 18.6. The van der Waals surface area contributed by atoms with Gasteiger partial charge in [-0.2, -0.15) is 0 Å². The van der Waals surface area contributed by atoms with Crippen LogP contribution in [0.15, 0.2) is 63.1 Å². The molecule has 154 valence electrons. The molecule has 0 unspecified atom stereocenters. The number of pyridine rings is 1. The van der Waals surface area contributed by atoms with Crippen molar-refractivity contribution in [1.29, 1.82) is 0 Å². The van der Waals surface area contributed by atoms with E-state index in [-0.39, 0.29) is 11.4 Å². The average Bonchev–Trinajstić information content (AvgIpc) is 3.09. The van der Waals surface area contributed by atoms with Gasteiger partial charge in [-0.15, -0.1) is 10.2 Å². The van der Waals surface area contributed by atoms with Crippen LogP contribution in [0.2, 0.25) is 0 Å². The van der Waals surface area contributed by atoms with Crippen molar-refractivity contribution in [2.45, 2.75) is 31.3 Å². The molecule has 9 heteroatoms. The number of hydrogen-bond donors (Lipinski definition) is 0. The Hall–Kier alpha value is -2.52. The van der Waals surface area contributed by atoms with Crippen LogP contribution in [0.5, 0.6) is 0 Å². The summed E-state index contributed by atoms with van der Waals surface area (Å²) in [5.74, 6) is 0.949. The summed E-state index contributed by atoms with van der Waals surface area (Å²) in [6, 6.07) is 11.7. The van der Waals surface area contributed by atoms with E-state index in [9.17, 15) is 9.18 Å². The van der Waals surface area contributed by atoms with Crippen molar-refractivity contribution in [2.75, 3.05) is 0 Å². The second kappa shape index (κ2) is 8.69. The minimum absolute atomic E-state index is 0.146. The third kappa shape index (κ3) is 4.32. The molecule has 0 N–H and O–H groups in total. The van der Waals surface area contributed by atoms with Gasteiger partial charge in [-0.3, -0.25) is 9.20 Å². The van der Waals surface area contributed by atoms with Crippen molar-refractivity contribution in [1.82, 2.24) is 24.1 Å². The molecule has 0 saturated carbocycles. The Bertz CT molecular complexity index is 1270.